The maximum atomic E-state index is 10.8. The Morgan fingerprint density at radius 3 is 2.43 bits per heavy atom. The van der Waals surface area contributed by atoms with E-state index < -0.39 is 4.92 Å². The standard InChI is InChI=1S/C8H8BNO4/c9-5-8(11)14-7-3-1-6(2-4-7)10(12)13/h1-4H,5,9H2. The lowest BCUT2D eigenvalue weighted by Gasteiger charge is -2.00. The minimum Gasteiger partial charge on any atom is -0.427 e. The van der Waals surface area contributed by atoms with Gasteiger partial charge in [-0.15, -0.1) is 0 Å². The summed E-state index contributed by atoms with van der Waals surface area (Å²) in [4.78, 5) is 20.6. The van der Waals surface area contributed by atoms with Gasteiger partial charge in [0.15, 0.2) is 0 Å². The van der Waals surface area contributed by atoms with Crippen LogP contribution in [0.15, 0.2) is 24.3 Å². The molecule has 1 aromatic carbocycles. The first-order chi connectivity index (χ1) is 6.63. The Kier molecular flexibility index (Phi) is 3.22. The first-order valence-corrected chi connectivity index (χ1v) is 4.08. The molecule has 0 spiro atoms. The highest BCUT2D eigenvalue weighted by atomic mass is 16.6. The molecule has 5 nitrogen and oxygen atoms in total. The lowest BCUT2D eigenvalue weighted by molar-refractivity contribution is -0.384. The van der Waals surface area contributed by atoms with Crippen molar-refractivity contribution in [2.24, 2.45) is 0 Å². The van der Waals surface area contributed by atoms with Crippen LogP contribution in [0.25, 0.3) is 0 Å². The zero-order valence-corrected chi connectivity index (χ0v) is 7.60. The smallest absolute Gasteiger partial charge is 0.303 e. The largest absolute Gasteiger partial charge is 0.427 e. The second-order valence-electron chi connectivity index (χ2n) is 2.58. The number of benzene rings is 1. The van der Waals surface area contributed by atoms with Gasteiger partial charge in [0.2, 0.25) is 0 Å². The average Bonchev–Trinajstić information content (AvgIpc) is 2.18. The molecule has 0 unspecified atom stereocenters. The third-order valence-corrected chi connectivity index (χ3v) is 1.57. The van der Waals surface area contributed by atoms with Crippen molar-refractivity contribution in [1.29, 1.82) is 0 Å². The van der Waals surface area contributed by atoms with Crippen LogP contribution in [0.4, 0.5) is 5.69 Å². The maximum absolute atomic E-state index is 10.8. The third kappa shape index (κ3) is 2.58. The molecule has 0 aliphatic heterocycles. The van der Waals surface area contributed by atoms with E-state index in [0.29, 0.717) is 5.75 Å². The fourth-order valence-electron chi connectivity index (χ4n) is 0.840. The number of esters is 1. The Bertz CT molecular complexity index is 349. The van der Waals surface area contributed by atoms with Gasteiger partial charge in [0.05, 0.1) is 4.92 Å². The van der Waals surface area contributed by atoms with E-state index in [1.165, 1.54) is 24.3 Å². The van der Waals surface area contributed by atoms with E-state index >= 15 is 0 Å². The highest BCUT2D eigenvalue weighted by molar-refractivity contribution is 6.18. The Morgan fingerprint density at radius 2 is 2.00 bits per heavy atom. The van der Waals surface area contributed by atoms with Gasteiger partial charge in [-0.05, 0) is 12.1 Å². The summed E-state index contributed by atoms with van der Waals surface area (Å²) >= 11 is 0. The molecular weight excluding hydrogens is 185 g/mol. The fourth-order valence-corrected chi connectivity index (χ4v) is 0.840. The lowest BCUT2D eigenvalue weighted by Crippen LogP contribution is -2.06. The molecule has 1 rings (SSSR count). The van der Waals surface area contributed by atoms with E-state index in [2.05, 4.69) is 0 Å². The summed E-state index contributed by atoms with van der Waals surface area (Å²) in [5.74, 6) is -0.0405. The Morgan fingerprint density at radius 1 is 1.43 bits per heavy atom. The molecule has 0 amide bonds. The van der Waals surface area contributed by atoms with E-state index in [-0.39, 0.29) is 18.0 Å². The molecule has 14 heavy (non-hydrogen) atoms. The molecule has 0 aliphatic rings. The van der Waals surface area contributed by atoms with Gasteiger partial charge >= 0.3 is 5.97 Å². The van der Waals surface area contributed by atoms with Crippen molar-refractivity contribution in [3.8, 4) is 5.75 Å². The van der Waals surface area contributed by atoms with E-state index in [4.69, 9.17) is 4.74 Å². The topological polar surface area (TPSA) is 69.4 Å². The highest BCUT2D eigenvalue weighted by Gasteiger charge is 2.06. The number of hydrogen-bond acceptors (Lipinski definition) is 4. The molecule has 0 saturated carbocycles. The van der Waals surface area contributed by atoms with Crippen LogP contribution in [0.2, 0.25) is 6.32 Å². The van der Waals surface area contributed by atoms with Crippen LogP contribution in [-0.2, 0) is 4.79 Å². The molecule has 0 aliphatic carbocycles. The normalized spacial score (nSPS) is 9.43. The molecule has 0 fully saturated rings. The predicted molar refractivity (Wildman–Crippen MR) is 52.1 cm³/mol. The zero-order valence-electron chi connectivity index (χ0n) is 7.60. The molecule has 0 saturated heterocycles. The van der Waals surface area contributed by atoms with Gasteiger partial charge in [0.25, 0.3) is 5.69 Å². The van der Waals surface area contributed by atoms with Crippen molar-refractivity contribution < 1.29 is 14.5 Å². The number of hydrogen-bond donors (Lipinski definition) is 0. The number of non-ortho nitro benzene ring substituents is 1. The molecule has 72 valence electrons. The molecule has 0 N–H and O–H groups in total. The predicted octanol–water partition coefficient (Wildman–Crippen LogP) is 0.552. The molecule has 0 atom stereocenters. The van der Waals surface area contributed by atoms with E-state index in [0.717, 1.165) is 0 Å². The first-order valence-electron chi connectivity index (χ1n) is 4.08. The van der Waals surface area contributed by atoms with Gasteiger partial charge in [-0.2, -0.15) is 0 Å². The maximum Gasteiger partial charge on any atom is 0.303 e. The quantitative estimate of drug-likeness (QED) is 0.231. The van der Waals surface area contributed by atoms with E-state index in [1.54, 1.807) is 7.85 Å². The second-order valence-corrected chi connectivity index (χ2v) is 2.58. The van der Waals surface area contributed by atoms with E-state index in [9.17, 15) is 14.9 Å². The van der Waals surface area contributed by atoms with Crippen molar-refractivity contribution >= 4 is 19.5 Å². The zero-order chi connectivity index (χ0) is 10.6. The summed E-state index contributed by atoms with van der Waals surface area (Å²) in [6.45, 7) is 0. The fraction of sp³-hybridized carbons (Fsp3) is 0.125. The summed E-state index contributed by atoms with van der Waals surface area (Å²) in [7, 11) is 1.67. The Hall–Kier alpha value is -1.85. The molecule has 0 radical (unpaired) electrons. The summed E-state index contributed by atoms with van der Waals surface area (Å²) in [5, 5.41) is 10.3. The number of nitro groups is 1. The van der Waals surface area contributed by atoms with Gasteiger partial charge in [0.1, 0.15) is 13.6 Å². The van der Waals surface area contributed by atoms with Gasteiger partial charge in [-0.1, -0.05) is 0 Å². The van der Waals surface area contributed by atoms with Crippen LogP contribution in [0.5, 0.6) is 5.75 Å². The van der Waals surface area contributed by atoms with Crippen molar-refractivity contribution in [3.05, 3.63) is 34.4 Å². The van der Waals surface area contributed by atoms with Crippen molar-refractivity contribution in [2.45, 2.75) is 6.32 Å². The van der Waals surface area contributed by atoms with Crippen LogP contribution >= 0.6 is 0 Å². The summed E-state index contributed by atoms with van der Waals surface area (Å²) in [6.07, 6.45) is 0.275. The molecule has 6 heteroatoms. The summed E-state index contributed by atoms with van der Waals surface area (Å²) in [6, 6.07) is 5.37. The van der Waals surface area contributed by atoms with Crippen LogP contribution in [-0.4, -0.2) is 18.7 Å². The van der Waals surface area contributed by atoms with Crippen molar-refractivity contribution in [2.75, 3.05) is 0 Å². The van der Waals surface area contributed by atoms with Gasteiger partial charge in [0, 0.05) is 18.5 Å². The summed E-state index contributed by atoms with van der Waals surface area (Å²) in [5.41, 5.74) is -0.0266. The van der Waals surface area contributed by atoms with E-state index in [1.807, 2.05) is 0 Å². The SMILES string of the molecule is BCC(=O)Oc1ccc([N+](=O)[O-])cc1. The second kappa shape index (κ2) is 4.41. The minimum atomic E-state index is -0.509. The Balaban J connectivity index is 2.73. The number of nitro benzene ring substituents is 1. The van der Waals surface area contributed by atoms with Crippen LogP contribution in [0.1, 0.15) is 0 Å². The number of rotatable bonds is 3. The highest BCUT2D eigenvalue weighted by Crippen LogP contribution is 2.17. The average molecular weight is 193 g/mol. The van der Waals surface area contributed by atoms with Gasteiger partial charge < -0.3 is 4.74 Å². The third-order valence-electron chi connectivity index (χ3n) is 1.57. The number of ether oxygens (including phenoxy) is 1. The minimum absolute atomic E-state index is 0.0266. The number of nitrogens with zero attached hydrogens (tertiary/aromatic N) is 1. The van der Waals surface area contributed by atoms with Gasteiger partial charge in [-0.3, -0.25) is 14.9 Å². The van der Waals surface area contributed by atoms with Gasteiger partial charge in [-0.25, -0.2) is 0 Å². The molecule has 0 aromatic heterocycles. The lowest BCUT2D eigenvalue weighted by atomic mass is 10.1. The van der Waals surface area contributed by atoms with Crippen LogP contribution in [0, 0.1) is 10.1 Å². The monoisotopic (exact) mass is 193 g/mol. The van der Waals surface area contributed by atoms with Crippen molar-refractivity contribution in [1.82, 2.24) is 0 Å². The molecule has 0 bridgehead atoms. The number of carbonyl (C=O) groups is 1. The first kappa shape index (κ1) is 10.2. The van der Waals surface area contributed by atoms with Crippen molar-refractivity contribution in [3.63, 3.8) is 0 Å². The Labute approximate surface area is 81.2 Å². The number of carbonyl (C=O) groups excluding carboxylic acids is 1. The molecule has 1 aromatic rings. The van der Waals surface area contributed by atoms with Crippen LogP contribution < -0.4 is 4.74 Å². The van der Waals surface area contributed by atoms with Crippen LogP contribution in [0.3, 0.4) is 0 Å². The summed E-state index contributed by atoms with van der Waals surface area (Å²) < 4.78 is 4.84. The molecule has 0 heterocycles. The molecular formula is C8H8BNO4.